The Hall–Kier alpha value is -4.86. The summed E-state index contributed by atoms with van der Waals surface area (Å²) in [5.41, 5.74) is 10.5. The van der Waals surface area contributed by atoms with Crippen molar-refractivity contribution in [1.29, 1.82) is 0 Å². The van der Waals surface area contributed by atoms with E-state index in [9.17, 15) is 9.59 Å². The molecule has 38 heavy (non-hydrogen) atoms. The van der Waals surface area contributed by atoms with Crippen LogP contribution in [0.3, 0.4) is 0 Å². The van der Waals surface area contributed by atoms with Crippen molar-refractivity contribution in [3.8, 4) is 22.9 Å². The fraction of sp³-hybridized carbons (Fsp3) is 0.179. The average Bonchev–Trinajstić information content (AvgIpc) is 3.24. The minimum absolute atomic E-state index is 0.0253. The van der Waals surface area contributed by atoms with Gasteiger partial charge in [0.25, 0.3) is 5.91 Å². The van der Waals surface area contributed by atoms with E-state index in [1.807, 2.05) is 23.6 Å². The molecule has 1 aliphatic heterocycles. The number of aromatic nitrogens is 4. The molecule has 4 aromatic rings. The number of hydrogen-bond acceptors (Lipinski definition) is 6. The number of halogens is 1. The minimum atomic E-state index is -0.664. The number of ether oxygens (including phenoxy) is 1. The van der Waals surface area contributed by atoms with E-state index in [-0.39, 0.29) is 23.2 Å². The van der Waals surface area contributed by atoms with Crippen molar-refractivity contribution in [1.82, 2.24) is 24.3 Å². The van der Waals surface area contributed by atoms with Crippen LogP contribution in [0.15, 0.2) is 61.6 Å². The summed E-state index contributed by atoms with van der Waals surface area (Å²) < 4.78 is 22.8. The number of nitrogens with two attached hydrogens (primary N) is 1. The van der Waals surface area contributed by atoms with Crippen LogP contribution in [0.2, 0.25) is 0 Å². The van der Waals surface area contributed by atoms with Crippen LogP contribution in [0.25, 0.3) is 22.2 Å². The first-order chi connectivity index (χ1) is 18.3. The van der Waals surface area contributed by atoms with Gasteiger partial charge in [0.2, 0.25) is 5.91 Å². The van der Waals surface area contributed by atoms with Gasteiger partial charge in [0.15, 0.2) is 11.6 Å². The van der Waals surface area contributed by atoms with Crippen molar-refractivity contribution in [2.24, 2.45) is 5.73 Å². The molecule has 1 aliphatic rings. The van der Waals surface area contributed by atoms with Gasteiger partial charge in [0, 0.05) is 36.7 Å². The van der Waals surface area contributed by atoms with E-state index < -0.39 is 11.7 Å². The quantitative estimate of drug-likeness (QED) is 0.387. The summed E-state index contributed by atoms with van der Waals surface area (Å²) in [4.78, 5) is 39.1. The Kier molecular flexibility index (Phi) is 6.46. The first-order valence-electron chi connectivity index (χ1n) is 12.0. The molecule has 0 radical (unpaired) electrons. The molecule has 3 aromatic heterocycles. The van der Waals surface area contributed by atoms with Crippen LogP contribution in [0, 0.1) is 19.7 Å². The summed E-state index contributed by atoms with van der Waals surface area (Å²) in [5, 5.41) is 0. The van der Waals surface area contributed by atoms with Gasteiger partial charge in [-0.3, -0.25) is 14.6 Å². The van der Waals surface area contributed by atoms with Crippen LogP contribution >= 0.6 is 0 Å². The lowest BCUT2D eigenvalue weighted by atomic mass is 9.94. The lowest BCUT2D eigenvalue weighted by Crippen LogP contribution is -2.33. The highest BCUT2D eigenvalue weighted by atomic mass is 19.1. The van der Waals surface area contributed by atoms with Gasteiger partial charge >= 0.3 is 6.01 Å². The Labute approximate surface area is 218 Å². The lowest BCUT2D eigenvalue weighted by Gasteiger charge is -2.26. The number of nitrogens with zero attached hydrogens (tertiary/aromatic N) is 5. The Morgan fingerprint density at radius 1 is 1.18 bits per heavy atom. The van der Waals surface area contributed by atoms with E-state index >= 15 is 4.39 Å². The maximum absolute atomic E-state index is 15.3. The Morgan fingerprint density at radius 2 is 2.00 bits per heavy atom. The van der Waals surface area contributed by atoms with Crippen LogP contribution in [0.4, 0.5) is 4.39 Å². The van der Waals surface area contributed by atoms with Gasteiger partial charge in [0.05, 0.1) is 28.7 Å². The van der Waals surface area contributed by atoms with Crippen molar-refractivity contribution in [3.05, 3.63) is 90.0 Å². The highest BCUT2D eigenvalue weighted by Gasteiger charge is 2.28. The fourth-order valence-corrected chi connectivity index (χ4v) is 4.62. The van der Waals surface area contributed by atoms with Crippen LogP contribution < -0.4 is 10.5 Å². The first kappa shape index (κ1) is 24.8. The fourth-order valence-electron chi connectivity index (χ4n) is 4.62. The van der Waals surface area contributed by atoms with Gasteiger partial charge in [-0.2, -0.15) is 0 Å². The Bertz CT molecular complexity index is 1640. The van der Waals surface area contributed by atoms with E-state index in [4.69, 9.17) is 10.5 Å². The third kappa shape index (κ3) is 4.52. The summed E-state index contributed by atoms with van der Waals surface area (Å²) in [5.74, 6) is -1.53. The predicted octanol–water partition coefficient (Wildman–Crippen LogP) is 4.24. The molecule has 4 heterocycles. The third-order valence-corrected chi connectivity index (χ3v) is 6.39. The number of carbonyl (C=O) groups is 2. The number of rotatable bonds is 6. The molecule has 0 atom stereocenters. The number of aryl methyl sites for hydroxylation is 2. The summed E-state index contributed by atoms with van der Waals surface area (Å²) >= 11 is 0. The highest BCUT2D eigenvalue weighted by Crippen LogP contribution is 2.40. The van der Waals surface area contributed by atoms with Gasteiger partial charge in [-0.05, 0) is 55.7 Å². The molecular formula is C28H25FN6O3. The molecule has 10 heteroatoms. The Balaban J connectivity index is 1.66. The normalized spacial score (nSPS) is 13.3. The largest absolute Gasteiger partial charge is 0.421 e. The number of benzene rings is 1. The zero-order chi connectivity index (χ0) is 27.0. The molecule has 0 bridgehead atoms. The van der Waals surface area contributed by atoms with Gasteiger partial charge in [-0.25, -0.2) is 14.4 Å². The molecular weight excluding hydrogens is 487 g/mol. The number of amides is 2. The molecule has 0 fully saturated rings. The average molecular weight is 513 g/mol. The van der Waals surface area contributed by atoms with E-state index in [1.165, 1.54) is 24.4 Å². The summed E-state index contributed by atoms with van der Waals surface area (Å²) in [6.45, 7) is 8.02. The van der Waals surface area contributed by atoms with Gasteiger partial charge < -0.3 is 19.8 Å². The van der Waals surface area contributed by atoms with Crippen molar-refractivity contribution < 1.29 is 18.7 Å². The van der Waals surface area contributed by atoms with E-state index in [0.29, 0.717) is 47.5 Å². The van der Waals surface area contributed by atoms with Gasteiger partial charge in [-0.15, -0.1) is 0 Å². The number of primary amides is 1. The lowest BCUT2D eigenvalue weighted by molar-refractivity contribution is -0.125. The second kappa shape index (κ2) is 9.89. The molecule has 0 saturated heterocycles. The summed E-state index contributed by atoms with van der Waals surface area (Å²) in [7, 11) is 0. The van der Waals surface area contributed by atoms with Crippen molar-refractivity contribution >= 4 is 22.9 Å². The second-order valence-corrected chi connectivity index (χ2v) is 8.94. The smallest absolute Gasteiger partial charge is 0.322 e. The highest BCUT2D eigenvalue weighted by molar-refractivity contribution is 6.09. The molecule has 0 aliphatic carbocycles. The molecule has 0 unspecified atom stereocenters. The standard InChI is InChI=1S/C28H25FN6O3/c1-4-23(36)34-11-8-18(9-12-34)26-24(25(27(30)37)21-14-32-17(3)15-35(21)26)19-5-6-22(20(29)13-19)38-28-31-10-7-16(2)33-28/h4-8,10,13-15H,1,9,11-12H2,2-3H3,(H2,30,37). The molecule has 192 valence electrons. The summed E-state index contributed by atoms with van der Waals surface area (Å²) in [6, 6.07) is 6.16. The minimum Gasteiger partial charge on any atom is -0.421 e. The van der Waals surface area contributed by atoms with Crippen molar-refractivity contribution in [2.75, 3.05) is 13.1 Å². The number of carbonyl (C=O) groups excluding carboxylic acids is 2. The zero-order valence-electron chi connectivity index (χ0n) is 20.9. The van der Waals surface area contributed by atoms with Crippen LogP contribution in [0.1, 0.15) is 33.9 Å². The Morgan fingerprint density at radius 3 is 2.66 bits per heavy atom. The van der Waals surface area contributed by atoms with Crippen LogP contribution in [-0.4, -0.2) is 49.2 Å². The number of hydrogen-bond donors (Lipinski definition) is 1. The molecule has 9 nitrogen and oxygen atoms in total. The molecule has 1 aromatic carbocycles. The molecule has 2 amide bonds. The summed E-state index contributed by atoms with van der Waals surface area (Å²) in [6.07, 6.45) is 8.66. The van der Waals surface area contributed by atoms with Crippen molar-refractivity contribution in [2.45, 2.75) is 20.3 Å². The van der Waals surface area contributed by atoms with Crippen molar-refractivity contribution in [3.63, 3.8) is 0 Å². The van der Waals surface area contributed by atoms with E-state index in [2.05, 4.69) is 21.5 Å². The van der Waals surface area contributed by atoms with Crippen LogP contribution in [0.5, 0.6) is 11.8 Å². The SMILES string of the molecule is C=CC(=O)N1CC=C(c2c(-c3ccc(Oc4nccc(C)n4)c(F)c3)c(C(N)=O)c3cnc(C)cn23)CC1. The predicted molar refractivity (Wildman–Crippen MR) is 140 cm³/mol. The molecule has 5 rings (SSSR count). The monoisotopic (exact) mass is 512 g/mol. The van der Waals surface area contributed by atoms with Crippen LogP contribution in [-0.2, 0) is 4.79 Å². The second-order valence-electron chi connectivity index (χ2n) is 8.94. The van der Waals surface area contributed by atoms with E-state index in [0.717, 1.165) is 11.3 Å². The third-order valence-electron chi connectivity index (χ3n) is 6.39. The maximum Gasteiger partial charge on any atom is 0.322 e. The molecule has 0 spiro atoms. The topological polar surface area (TPSA) is 116 Å². The molecule has 0 saturated carbocycles. The van der Waals surface area contributed by atoms with Gasteiger partial charge in [0.1, 0.15) is 0 Å². The number of fused-ring (bicyclic) bond motifs is 1. The van der Waals surface area contributed by atoms with E-state index in [1.54, 1.807) is 30.2 Å². The zero-order valence-corrected chi connectivity index (χ0v) is 20.9. The first-order valence-corrected chi connectivity index (χ1v) is 12.0. The van der Waals surface area contributed by atoms with Gasteiger partial charge in [-0.1, -0.05) is 18.7 Å². The maximum atomic E-state index is 15.3. The molecule has 2 N–H and O–H groups in total.